The number of aromatic nitrogens is 1. The van der Waals surface area contributed by atoms with Gasteiger partial charge in [-0.3, -0.25) is 9.59 Å². The Labute approximate surface area is 205 Å². The maximum atomic E-state index is 13.6. The molecule has 3 aromatic carbocycles. The number of fused-ring (bicyclic) bond motifs is 2. The average Bonchev–Trinajstić information content (AvgIpc) is 3.27. The molecule has 2 amide bonds. The average molecular weight is 466 g/mol. The Bertz CT molecular complexity index is 1370. The predicted molar refractivity (Wildman–Crippen MR) is 137 cm³/mol. The van der Waals surface area contributed by atoms with Crippen molar-refractivity contribution in [1.29, 1.82) is 0 Å². The summed E-state index contributed by atoms with van der Waals surface area (Å²) in [4.78, 5) is 29.9. The molecule has 6 nitrogen and oxygen atoms in total. The van der Waals surface area contributed by atoms with E-state index in [1.165, 1.54) is 0 Å². The molecular formula is C29H27N3O3. The monoisotopic (exact) mass is 465 g/mol. The lowest BCUT2D eigenvalue weighted by Gasteiger charge is -2.23. The van der Waals surface area contributed by atoms with Crippen LogP contribution in [0.4, 0.5) is 11.4 Å². The maximum Gasteiger partial charge on any atom is 0.258 e. The predicted octanol–water partition coefficient (Wildman–Crippen LogP) is 4.91. The van der Waals surface area contributed by atoms with Gasteiger partial charge in [0.05, 0.1) is 20.1 Å². The molecule has 0 saturated carbocycles. The van der Waals surface area contributed by atoms with Gasteiger partial charge < -0.3 is 19.1 Å². The first-order valence-corrected chi connectivity index (χ1v) is 11.6. The summed E-state index contributed by atoms with van der Waals surface area (Å²) in [5.41, 5.74) is 5.26. The van der Waals surface area contributed by atoms with Gasteiger partial charge >= 0.3 is 0 Å². The third kappa shape index (κ3) is 4.43. The van der Waals surface area contributed by atoms with Gasteiger partial charge in [0.15, 0.2) is 0 Å². The summed E-state index contributed by atoms with van der Waals surface area (Å²) < 4.78 is 7.55. The number of anilines is 2. The van der Waals surface area contributed by atoms with Crippen LogP contribution in [0.1, 0.15) is 27.2 Å². The molecule has 35 heavy (non-hydrogen) atoms. The van der Waals surface area contributed by atoms with Crippen molar-refractivity contribution in [3.63, 3.8) is 0 Å². The van der Waals surface area contributed by atoms with Crippen molar-refractivity contribution < 1.29 is 14.3 Å². The van der Waals surface area contributed by atoms with Crippen molar-refractivity contribution in [2.75, 3.05) is 24.0 Å². The third-order valence-electron chi connectivity index (χ3n) is 6.52. The maximum absolute atomic E-state index is 13.6. The van der Waals surface area contributed by atoms with E-state index < -0.39 is 0 Å². The van der Waals surface area contributed by atoms with Crippen LogP contribution in [0.2, 0.25) is 0 Å². The molecular weight excluding hydrogens is 438 g/mol. The quantitative estimate of drug-likeness (QED) is 0.421. The summed E-state index contributed by atoms with van der Waals surface area (Å²) in [5, 5.41) is 0. The largest absolute Gasteiger partial charge is 0.496 e. The number of nitrogens with zero attached hydrogens (tertiary/aromatic N) is 3. The van der Waals surface area contributed by atoms with E-state index in [1.807, 2.05) is 71.8 Å². The van der Waals surface area contributed by atoms with E-state index in [2.05, 4.69) is 16.7 Å². The van der Waals surface area contributed by atoms with Gasteiger partial charge in [-0.15, -0.1) is 0 Å². The summed E-state index contributed by atoms with van der Waals surface area (Å²) in [6.45, 7) is 1.24. The summed E-state index contributed by atoms with van der Waals surface area (Å²) in [7, 11) is 3.34. The number of carbonyl (C=O) groups excluding carboxylic acids is 2. The van der Waals surface area contributed by atoms with Crippen molar-refractivity contribution in [2.24, 2.45) is 0 Å². The number of benzene rings is 3. The number of carbonyl (C=O) groups is 2. The summed E-state index contributed by atoms with van der Waals surface area (Å²) in [6.07, 6.45) is 2.28. The fraction of sp³-hybridized carbons (Fsp3) is 0.172. The summed E-state index contributed by atoms with van der Waals surface area (Å²) >= 11 is 0. The molecule has 5 rings (SSSR count). The molecule has 0 unspecified atom stereocenters. The molecule has 1 aliphatic rings. The SMILES string of the molecule is COc1ccccc1CC(=O)N(C)c1ccc(C(=O)N2Cc3cccn3Cc3ccccc32)cc1. The highest BCUT2D eigenvalue weighted by Gasteiger charge is 2.25. The van der Waals surface area contributed by atoms with Gasteiger partial charge in [0.2, 0.25) is 5.91 Å². The number of ether oxygens (including phenoxy) is 1. The fourth-order valence-corrected chi connectivity index (χ4v) is 4.52. The van der Waals surface area contributed by atoms with Crippen LogP contribution in [-0.2, 0) is 24.3 Å². The van der Waals surface area contributed by atoms with E-state index >= 15 is 0 Å². The van der Waals surface area contributed by atoms with Gasteiger partial charge in [0, 0.05) is 48.0 Å². The summed E-state index contributed by atoms with van der Waals surface area (Å²) in [5.74, 6) is 0.566. The zero-order chi connectivity index (χ0) is 24.4. The van der Waals surface area contributed by atoms with Crippen LogP contribution in [0.3, 0.4) is 0 Å². The van der Waals surface area contributed by atoms with Crippen molar-refractivity contribution in [3.05, 3.63) is 114 Å². The van der Waals surface area contributed by atoms with E-state index in [-0.39, 0.29) is 18.2 Å². The van der Waals surface area contributed by atoms with Crippen LogP contribution < -0.4 is 14.5 Å². The number of hydrogen-bond donors (Lipinski definition) is 0. The first kappa shape index (κ1) is 22.5. The Morgan fingerprint density at radius 2 is 1.63 bits per heavy atom. The minimum absolute atomic E-state index is 0.0595. The first-order chi connectivity index (χ1) is 17.0. The van der Waals surface area contributed by atoms with Crippen LogP contribution in [-0.4, -0.2) is 30.5 Å². The molecule has 4 aromatic rings. The molecule has 0 bridgehead atoms. The normalized spacial score (nSPS) is 12.3. The molecule has 176 valence electrons. The fourth-order valence-electron chi connectivity index (χ4n) is 4.52. The smallest absolute Gasteiger partial charge is 0.258 e. The first-order valence-electron chi connectivity index (χ1n) is 11.6. The zero-order valence-corrected chi connectivity index (χ0v) is 19.8. The van der Waals surface area contributed by atoms with E-state index in [9.17, 15) is 9.59 Å². The Hall–Kier alpha value is -4.32. The van der Waals surface area contributed by atoms with Gasteiger partial charge in [0.25, 0.3) is 5.91 Å². The highest BCUT2D eigenvalue weighted by atomic mass is 16.5. The van der Waals surface area contributed by atoms with E-state index in [4.69, 9.17) is 4.74 Å². The molecule has 2 heterocycles. The van der Waals surface area contributed by atoms with Crippen LogP contribution in [0.5, 0.6) is 5.75 Å². The molecule has 0 radical (unpaired) electrons. The van der Waals surface area contributed by atoms with Gasteiger partial charge in [-0.2, -0.15) is 0 Å². The number of likely N-dealkylation sites (N-methyl/N-ethyl adjacent to an activating group) is 1. The Morgan fingerprint density at radius 3 is 2.43 bits per heavy atom. The molecule has 0 atom stereocenters. The number of methoxy groups -OCH3 is 1. The summed E-state index contributed by atoms with van der Waals surface area (Å²) in [6, 6.07) is 26.8. The molecule has 0 aliphatic carbocycles. The second-order valence-corrected chi connectivity index (χ2v) is 8.64. The number of amides is 2. The lowest BCUT2D eigenvalue weighted by atomic mass is 10.1. The highest BCUT2D eigenvalue weighted by Crippen LogP contribution is 2.29. The molecule has 1 aliphatic heterocycles. The minimum Gasteiger partial charge on any atom is -0.496 e. The minimum atomic E-state index is -0.0679. The van der Waals surface area contributed by atoms with Crippen LogP contribution >= 0.6 is 0 Å². The zero-order valence-electron chi connectivity index (χ0n) is 19.8. The van der Waals surface area contributed by atoms with Gasteiger partial charge in [-0.05, 0) is 54.1 Å². The molecule has 0 N–H and O–H groups in total. The van der Waals surface area contributed by atoms with Crippen LogP contribution in [0.15, 0.2) is 91.1 Å². The topological polar surface area (TPSA) is 54.8 Å². The molecule has 0 fully saturated rings. The van der Waals surface area contributed by atoms with Gasteiger partial charge in [-0.25, -0.2) is 0 Å². The van der Waals surface area contributed by atoms with Crippen LogP contribution in [0, 0.1) is 0 Å². The number of hydrogen-bond acceptors (Lipinski definition) is 3. The van der Waals surface area contributed by atoms with Crippen LogP contribution in [0.25, 0.3) is 0 Å². The van der Waals surface area contributed by atoms with Crippen molar-refractivity contribution >= 4 is 23.2 Å². The molecule has 6 heteroatoms. The standard InChI is InChI=1S/C29H27N3O3/c1-30(28(33)18-22-8-4-6-12-27(22)35-2)24-15-13-21(14-16-24)29(34)32-20-25-10-7-17-31(25)19-23-9-3-5-11-26(23)32/h3-17H,18-20H2,1-2H3. The number of para-hydroxylation sites is 2. The van der Waals surface area contributed by atoms with E-state index in [0.29, 0.717) is 17.9 Å². The van der Waals surface area contributed by atoms with Crippen molar-refractivity contribution in [3.8, 4) is 5.75 Å². The van der Waals surface area contributed by atoms with E-state index in [0.717, 1.165) is 34.7 Å². The lowest BCUT2D eigenvalue weighted by molar-refractivity contribution is -0.117. The second kappa shape index (κ2) is 9.50. The third-order valence-corrected chi connectivity index (χ3v) is 6.52. The Kier molecular flexibility index (Phi) is 6.10. The Balaban J connectivity index is 1.36. The second-order valence-electron chi connectivity index (χ2n) is 8.64. The number of rotatable bonds is 5. The van der Waals surface area contributed by atoms with Crippen molar-refractivity contribution in [1.82, 2.24) is 4.57 Å². The van der Waals surface area contributed by atoms with Gasteiger partial charge in [0.1, 0.15) is 5.75 Å². The van der Waals surface area contributed by atoms with Gasteiger partial charge in [-0.1, -0.05) is 36.4 Å². The lowest BCUT2D eigenvalue weighted by Crippen LogP contribution is -2.31. The molecule has 0 saturated heterocycles. The van der Waals surface area contributed by atoms with Crippen molar-refractivity contribution in [2.45, 2.75) is 19.5 Å². The van der Waals surface area contributed by atoms with E-state index in [1.54, 1.807) is 31.2 Å². The Morgan fingerprint density at radius 1 is 0.886 bits per heavy atom. The molecule has 1 aromatic heterocycles. The highest BCUT2D eigenvalue weighted by molar-refractivity contribution is 6.07. The molecule has 0 spiro atoms.